The van der Waals surface area contributed by atoms with Crippen LogP contribution in [0.15, 0.2) is 0 Å². The summed E-state index contributed by atoms with van der Waals surface area (Å²) in [5.41, 5.74) is 0.220. The van der Waals surface area contributed by atoms with E-state index >= 15 is 0 Å². The molecule has 0 aromatic rings. The van der Waals surface area contributed by atoms with E-state index in [1.165, 1.54) is 0 Å². The van der Waals surface area contributed by atoms with E-state index in [1.54, 1.807) is 11.9 Å². The lowest BCUT2D eigenvalue weighted by molar-refractivity contribution is 0.530. The Morgan fingerprint density at radius 2 is 1.30 bits per heavy atom. The summed E-state index contributed by atoms with van der Waals surface area (Å²) >= 11 is 1.79. The minimum Gasteiger partial charge on any atom is -0.258 e. The summed E-state index contributed by atoms with van der Waals surface area (Å²) in [6.45, 7) is 13.1. The van der Waals surface area contributed by atoms with E-state index < -0.39 is 0 Å². The molecule has 0 saturated heterocycles. The third kappa shape index (κ3) is 8.31. The van der Waals surface area contributed by atoms with Gasteiger partial charge in [-0.05, 0) is 41.5 Å². The predicted octanol–water partition coefficient (Wildman–Crippen LogP) is 2.82. The lowest BCUT2D eigenvalue weighted by Crippen LogP contribution is -2.33. The van der Waals surface area contributed by atoms with Crippen LogP contribution < -0.4 is 4.72 Å². The van der Waals surface area contributed by atoms with Gasteiger partial charge in [0.15, 0.2) is 0 Å². The van der Waals surface area contributed by atoms with Gasteiger partial charge >= 0.3 is 0 Å². The Bertz CT molecular complexity index is 82.8. The van der Waals surface area contributed by atoms with Crippen molar-refractivity contribution in [2.24, 2.45) is 0 Å². The van der Waals surface area contributed by atoms with Crippen molar-refractivity contribution in [3.63, 3.8) is 0 Å². The van der Waals surface area contributed by atoms with E-state index in [1.807, 2.05) is 0 Å². The van der Waals surface area contributed by atoms with Gasteiger partial charge in [-0.1, -0.05) is 11.9 Å². The molecule has 62 valence electrons. The number of rotatable bonds is 1. The standard InChI is InChI=1S/C8H19NS/c1-7(2,3)9-10-8(4,5)6/h9H,1-6H3. The van der Waals surface area contributed by atoms with Crippen molar-refractivity contribution >= 4 is 11.9 Å². The molecular formula is C8H19NS. The van der Waals surface area contributed by atoms with Crippen molar-refractivity contribution in [2.45, 2.75) is 51.8 Å². The lowest BCUT2D eigenvalue weighted by atomic mass is 10.1. The zero-order valence-corrected chi connectivity index (χ0v) is 8.72. The van der Waals surface area contributed by atoms with Gasteiger partial charge in [0, 0.05) is 10.3 Å². The SMILES string of the molecule is CC(C)(C)NSC(C)(C)C. The molecule has 0 spiro atoms. The average molecular weight is 161 g/mol. The quantitative estimate of drug-likeness (QED) is 0.593. The van der Waals surface area contributed by atoms with Crippen molar-refractivity contribution in [2.75, 3.05) is 0 Å². The average Bonchev–Trinajstić information content (AvgIpc) is 1.57. The first-order valence-corrected chi connectivity index (χ1v) is 4.47. The Morgan fingerprint density at radius 1 is 0.900 bits per heavy atom. The second kappa shape index (κ2) is 3.14. The van der Waals surface area contributed by atoms with E-state index in [-0.39, 0.29) is 5.54 Å². The first-order valence-electron chi connectivity index (χ1n) is 3.66. The summed E-state index contributed by atoms with van der Waals surface area (Å²) in [6.07, 6.45) is 0. The third-order valence-corrected chi connectivity index (χ3v) is 1.99. The van der Waals surface area contributed by atoms with Crippen LogP contribution in [0.4, 0.5) is 0 Å². The van der Waals surface area contributed by atoms with Gasteiger partial charge in [0.1, 0.15) is 0 Å². The molecule has 0 saturated carbocycles. The number of hydrogen-bond acceptors (Lipinski definition) is 2. The molecule has 0 rings (SSSR count). The first-order chi connectivity index (χ1) is 4.21. The molecule has 0 aromatic carbocycles. The Morgan fingerprint density at radius 3 is 1.40 bits per heavy atom. The van der Waals surface area contributed by atoms with Crippen LogP contribution in [0.1, 0.15) is 41.5 Å². The minimum atomic E-state index is 0.220. The maximum Gasteiger partial charge on any atom is 0.0220 e. The number of hydrogen-bond donors (Lipinski definition) is 1. The Balaban J connectivity index is 3.56. The van der Waals surface area contributed by atoms with Gasteiger partial charge in [0.25, 0.3) is 0 Å². The molecule has 0 aliphatic heterocycles. The van der Waals surface area contributed by atoms with Gasteiger partial charge in [-0.15, -0.1) is 0 Å². The molecule has 0 aliphatic carbocycles. The van der Waals surface area contributed by atoms with Crippen LogP contribution in [-0.2, 0) is 0 Å². The van der Waals surface area contributed by atoms with Crippen LogP contribution >= 0.6 is 11.9 Å². The van der Waals surface area contributed by atoms with Crippen molar-refractivity contribution in [1.82, 2.24) is 4.72 Å². The zero-order valence-electron chi connectivity index (χ0n) is 7.91. The normalized spacial score (nSPS) is 13.8. The highest BCUT2D eigenvalue weighted by Gasteiger charge is 2.15. The smallest absolute Gasteiger partial charge is 0.0220 e. The molecular weight excluding hydrogens is 142 g/mol. The van der Waals surface area contributed by atoms with Crippen molar-refractivity contribution in [3.8, 4) is 0 Å². The van der Waals surface area contributed by atoms with Crippen LogP contribution in [0.3, 0.4) is 0 Å². The topological polar surface area (TPSA) is 12.0 Å². The summed E-state index contributed by atoms with van der Waals surface area (Å²) in [5, 5.41) is 0. The first kappa shape index (κ1) is 10.3. The van der Waals surface area contributed by atoms with Gasteiger partial charge in [0.2, 0.25) is 0 Å². The van der Waals surface area contributed by atoms with E-state index in [0.717, 1.165) is 0 Å². The maximum absolute atomic E-state index is 3.38. The van der Waals surface area contributed by atoms with Gasteiger partial charge in [-0.25, -0.2) is 0 Å². The lowest BCUT2D eigenvalue weighted by Gasteiger charge is -2.26. The highest BCUT2D eigenvalue weighted by Crippen LogP contribution is 2.22. The molecule has 0 heterocycles. The van der Waals surface area contributed by atoms with Gasteiger partial charge in [-0.2, -0.15) is 0 Å². The molecule has 0 fully saturated rings. The van der Waals surface area contributed by atoms with Crippen LogP contribution in [0, 0.1) is 0 Å². The third-order valence-electron chi connectivity index (χ3n) is 0.663. The van der Waals surface area contributed by atoms with Crippen LogP contribution in [0.2, 0.25) is 0 Å². The van der Waals surface area contributed by atoms with Crippen molar-refractivity contribution < 1.29 is 0 Å². The van der Waals surface area contributed by atoms with Gasteiger partial charge in [0.05, 0.1) is 0 Å². The summed E-state index contributed by atoms with van der Waals surface area (Å²) < 4.78 is 3.69. The minimum absolute atomic E-state index is 0.220. The molecule has 0 unspecified atom stereocenters. The van der Waals surface area contributed by atoms with Crippen LogP contribution in [0.25, 0.3) is 0 Å². The van der Waals surface area contributed by atoms with E-state index in [9.17, 15) is 0 Å². The van der Waals surface area contributed by atoms with E-state index in [2.05, 4.69) is 46.3 Å². The Hall–Kier alpha value is 0.310. The van der Waals surface area contributed by atoms with Gasteiger partial charge in [-0.3, -0.25) is 4.72 Å². The largest absolute Gasteiger partial charge is 0.258 e. The summed E-state index contributed by atoms with van der Waals surface area (Å²) in [4.78, 5) is 0. The molecule has 0 bridgehead atoms. The fourth-order valence-corrected chi connectivity index (χ4v) is 0.919. The van der Waals surface area contributed by atoms with Crippen molar-refractivity contribution in [3.05, 3.63) is 0 Å². The fourth-order valence-electron chi connectivity index (χ4n) is 0.306. The second-order valence-electron chi connectivity index (χ2n) is 4.57. The molecule has 2 heteroatoms. The Kier molecular flexibility index (Phi) is 3.24. The molecule has 0 aliphatic rings. The van der Waals surface area contributed by atoms with Crippen molar-refractivity contribution in [1.29, 1.82) is 0 Å². The molecule has 0 atom stereocenters. The molecule has 10 heavy (non-hydrogen) atoms. The zero-order chi connectivity index (χ0) is 8.41. The highest BCUT2D eigenvalue weighted by atomic mass is 32.2. The maximum atomic E-state index is 3.38. The Labute approximate surface area is 69.1 Å². The fraction of sp³-hybridized carbons (Fsp3) is 1.00. The van der Waals surface area contributed by atoms with Crippen LogP contribution in [-0.4, -0.2) is 10.3 Å². The summed E-state index contributed by atoms with van der Waals surface area (Å²) in [7, 11) is 0. The second-order valence-corrected chi connectivity index (χ2v) is 6.20. The van der Waals surface area contributed by atoms with E-state index in [0.29, 0.717) is 4.75 Å². The molecule has 0 aromatic heterocycles. The molecule has 0 radical (unpaired) electrons. The van der Waals surface area contributed by atoms with Crippen LogP contribution in [0.5, 0.6) is 0 Å². The summed E-state index contributed by atoms with van der Waals surface area (Å²) in [5.74, 6) is 0. The van der Waals surface area contributed by atoms with E-state index in [4.69, 9.17) is 0 Å². The predicted molar refractivity (Wildman–Crippen MR) is 50.2 cm³/mol. The number of nitrogens with one attached hydrogen (secondary N) is 1. The van der Waals surface area contributed by atoms with Gasteiger partial charge < -0.3 is 0 Å². The molecule has 1 N–H and O–H groups in total. The molecule has 1 nitrogen and oxygen atoms in total. The monoisotopic (exact) mass is 161 g/mol. The highest BCUT2D eigenvalue weighted by molar-refractivity contribution is 7.98. The molecule has 0 amide bonds. The summed E-state index contributed by atoms with van der Waals surface area (Å²) in [6, 6.07) is 0.